The molecule has 9 heteroatoms. The van der Waals surface area contributed by atoms with Gasteiger partial charge in [-0.05, 0) is 31.5 Å². The largest absolute Gasteiger partial charge is 0.332 e. The third kappa shape index (κ3) is 2.37. The molecule has 4 rings (SSSR count). The highest BCUT2D eigenvalue weighted by molar-refractivity contribution is 6.30. The number of hydrazone groups is 1. The molecule has 0 amide bonds. The normalized spacial score (nSPS) is 16.3. The summed E-state index contributed by atoms with van der Waals surface area (Å²) in [5, 5.41) is 4.76. The summed E-state index contributed by atoms with van der Waals surface area (Å²) in [6.45, 7) is 3.95. The van der Waals surface area contributed by atoms with Crippen molar-refractivity contribution in [1.82, 2.24) is 18.7 Å². The zero-order valence-corrected chi connectivity index (χ0v) is 15.3. The van der Waals surface area contributed by atoms with Crippen molar-refractivity contribution in [2.45, 2.75) is 26.4 Å². The third-order valence-corrected chi connectivity index (χ3v) is 4.96. The molecule has 8 nitrogen and oxygen atoms in total. The molecule has 3 heterocycles. The van der Waals surface area contributed by atoms with E-state index in [1.165, 1.54) is 9.13 Å². The number of aryl methyl sites for hydroxylation is 1. The van der Waals surface area contributed by atoms with Gasteiger partial charge < -0.3 is 0 Å². The Morgan fingerprint density at radius 1 is 1.31 bits per heavy atom. The molecular weight excluding hydrogens is 356 g/mol. The summed E-state index contributed by atoms with van der Waals surface area (Å²) in [5.41, 5.74) is 4.34. The highest BCUT2D eigenvalue weighted by Gasteiger charge is 2.26. The first-order valence-corrected chi connectivity index (χ1v) is 8.52. The summed E-state index contributed by atoms with van der Waals surface area (Å²) in [4.78, 5) is 30.3. The minimum Gasteiger partial charge on any atom is -0.294 e. The van der Waals surface area contributed by atoms with Gasteiger partial charge in [0, 0.05) is 12.1 Å². The summed E-state index contributed by atoms with van der Waals surface area (Å²) < 4.78 is 4.38. The van der Waals surface area contributed by atoms with Crippen LogP contribution in [0.25, 0.3) is 11.2 Å². The fourth-order valence-corrected chi connectivity index (χ4v) is 3.38. The lowest BCUT2D eigenvalue weighted by atomic mass is 10.2. The zero-order chi connectivity index (χ0) is 18.6. The van der Waals surface area contributed by atoms with Gasteiger partial charge in [0.25, 0.3) is 5.56 Å². The van der Waals surface area contributed by atoms with Crippen LogP contribution in [-0.4, -0.2) is 24.4 Å². The van der Waals surface area contributed by atoms with Gasteiger partial charge in [-0.25, -0.2) is 10.2 Å². The van der Waals surface area contributed by atoms with Gasteiger partial charge in [0.1, 0.15) is 0 Å². The molecule has 1 aromatic carbocycles. The van der Waals surface area contributed by atoms with E-state index in [4.69, 9.17) is 11.6 Å². The highest BCUT2D eigenvalue weighted by Crippen LogP contribution is 2.25. The Morgan fingerprint density at radius 2 is 2.08 bits per heavy atom. The van der Waals surface area contributed by atoms with E-state index in [1.54, 1.807) is 29.8 Å². The van der Waals surface area contributed by atoms with Gasteiger partial charge in [-0.15, -0.1) is 0 Å². The van der Waals surface area contributed by atoms with E-state index in [-0.39, 0.29) is 18.1 Å². The van der Waals surface area contributed by atoms with Crippen LogP contribution in [0.1, 0.15) is 25.5 Å². The predicted molar refractivity (Wildman–Crippen MR) is 101 cm³/mol. The molecule has 0 unspecified atom stereocenters. The first-order valence-electron chi connectivity index (χ1n) is 8.15. The van der Waals surface area contributed by atoms with Gasteiger partial charge in [0.15, 0.2) is 11.2 Å². The van der Waals surface area contributed by atoms with Crippen molar-refractivity contribution in [3.63, 3.8) is 0 Å². The number of rotatable bonds is 2. The maximum Gasteiger partial charge on any atom is 0.332 e. The quantitative estimate of drug-likeness (QED) is 0.745. The smallest absolute Gasteiger partial charge is 0.294 e. The first-order chi connectivity index (χ1) is 12.4. The molecular formula is C17H17ClN6O2. The number of nitrogens with zero attached hydrogens (tertiary/aromatic N) is 5. The van der Waals surface area contributed by atoms with Gasteiger partial charge in [-0.2, -0.15) is 10.1 Å². The Kier molecular flexibility index (Phi) is 3.73. The van der Waals surface area contributed by atoms with E-state index in [2.05, 4.69) is 15.5 Å². The zero-order valence-electron chi connectivity index (χ0n) is 14.5. The maximum atomic E-state index is 13.2. The summed E-state index contributed by atoms with van der Waals surface area (Å²) >= 11 is 6.02. The van der Waals surface area contributed by atoms with E-state index in [0.29, 0.717) is 22.1 Å². The second-order valence-corrected chi connectivity index (χ2v) is 6.82. The third-order valence-electron chi connectivity index (χ3n) is 4.73. The SMILES string of the molecule is CC1=NNc2nc3c(c(=O)n(Cc4cccc(Cl)c4)c(=O)n3C)n2[C@@H]1C. The van der Waals surface area contributed by atoms with Gasteiger partial charge in [0.05, 0.1) is 18.3 Å². The van der Waals surface area contributed by atoms with Crippen LogP contribution in [-0.2, 0) is 13.6 Å². The number of hydrogen-bond donors (Lipinski definition) is 1. The van der Waals surface area contributed by atoms with Crippen LogP contribution in [0, 0.1) is 0 Å². The number of hydrogen-bond acceptors (Lipinski definition) is 5. The highest BCUT2D eigenvalue weighted by atomic mass is 35.5. The Morgan fingerprint density at radius 3 is 2.81 bits per heavy atom. The van der Waals surface area contributed by atoms with Gasteiger partial charge >= 0.3 is 5.69 Å². The van der Waals surface area contributed by atoms with E-state index < -0.39 is 5.69 Å². The number of aromatic nitrogens is 4. The molecule has 3 aromatic rings. The van der Waals surface area contributed by atoms with Crippen molar-refractivity contribution in [1.29, 1.82) is 0 Å². The summed E-state index contributed by atoms with van der Waals surface area (Å²) in [5.74, 6) is 0.450. The van der Waals surface area contributed by atoms with Gasteiger partial charge in [0.2, 0.25) is 5.95 Å². The summed E-state index contributed by atoms with van der Waals surface area (Å²) in [6, 6.07) is 6.97. The Labute approximate surface area is 153 Å². The maximum absolute atomic E-state index is 13.2. The molecule has 1 aliphatic heterocycles. The van der Waals surface area contributed by atoms with E-state index in [0.717, 1.165) is 11.3 Å². The lowest BCUT2D eigenvalue weighted by Crippen LogP contribution is -2.40. The number of imidazole rings is 1. The number of nitrogens with one attached hydrogen (secondary N) is 1. The second-order valence-electron chi connectivity index (χ2n) is 6.38. The predicted octanol–water partition coefficient (Wildman–Crippen LogP) is 1.96. The molecule has 0 bridgehead atoms. The van der Waals surface area contributed by atoms with Crippen LogP contribution in [0.5, 0.6) is 0 Å². The standard InChI is InChI=1S/C17H17ClN6O2/c1-9-10(2)24-13-14(19-16(24)21-20-9)22(3)17(26)23(15(13)25)8-11-5-4-6-12(18)7-11/h4-7,10H,8H2,1-3H3,(H,19,21)/t10-/m1/s1. The molecule has 1 atom stereocenters. The van der Waals surface area contributed by atoms with Crippen LogP contribution in [0.4, 0.5) is 5.95 Å². The lowest BCUT2D eigenvalue weighted by Gasteiger charge is -2.21. The van der Waals surface area contributed by atoms with Gasteiger partial charge in [-0.1, -0.05) is 23.7 Å². The molecule has 1 N–H and O–H groups in total. The van der Waals surface area contributed by atoms with Gasteiger partial charge in [-0.3, -0.25) is 18.5 Å². The van der Waals surface area contributed by atoms with Crippen molar-refractivity contribution < 1.29 is 0 Å². The number of benzene rings is 1. The Bertz CT molecular complexity index is 1190. The number of anilines is 1. The number of fused-ring (bicyclic) bond motifs is 3. The second kappa shape index (κ2) is 5.84. The van der Waals surface area contributed by atoms with Crippen LogP contribution < -0.4 is 16.7 Å². The van der Waals surface area contributed by atoms with E-state index in [9.17, 15) is 9.59 Å². The first kappa shape index (κ1) is 16.6. The Balaban J connectivity index is 1.99. The van der Waals surface area contributed by atoms with Crippen LogP contribution in [0.2, 0.25) is 5.02 Å². The minimum atomic E-state index is -0.428. The molecule has 0 radical (unpaired) electrons. The molecule has 26 heavy (non-hydrogen) atoms. The Hall–Kier alpha value is -2.87. The van der Waals surface area contributed by atoms with Crippen molar-refractivity contribution in [2.75, 3.05) is 5.43 Å². The van der Waals surface area contributed by atoms with E-state index in [1.807, 2.05) is 19.9 Å². The minimum absolute atomic E-state index is 0.136. The molecule has 0 aliphatic carbocycles. The topological polar surface area (TPSA) is 86.2 Å². The fourth-order valence-electron chi connectivity index (χ4n) is 3.17. The summed E-state index contributed by atoms with van der Waals surface area (Å²) in [6.07, 6.45) is 0. The monoisotopic (exact) mass is 372 g/mol. The molecule has 2 aromatic heterocycles. The molecule has 0 saturated carbocycles. The van der Waals surface area contributed by atoms with E-state index >= 15 is 0 Å². The molecule has 0 fully saturated rings. The molecule has 0 saturated heterocycles. The molecule has 0 spiro atoms. The lowest BCUT2D eigenvalue weighted by molar-refractivity contribution is 0.645. The van der Waals surface area contributed by atoms with Crippen molar-refractivity contribution >= 4 is 34.4 Å². The van der Waals surface area contributed by atoms with Crippen LogP contribution >= 0.6 is 11.6 Å². The van der Waals surface area contributed by atoms with Crippen LogP contribution in [0.15, 0.2) is 39.0 Å². The fraction of sp³-hybridized carbons (Fsp3) is 0.294. The van der Waals surface area contributed by atoms with Crippen molar-refractivity contribution in [2.24, 2.45) is 12.1 Å². The van der Waals surface area contributed by atoms with Crippen molar-refractivity contribution in [3.05, 3.63) is 55.7 Å². The molecule has 1 aliphatic rings. The molecule has 134 valence electrons. The summed E-state index contributed by atoms with van der Waals surface area (Å²) in [7, 11) is 1.61. The average molecular weight is 373 g/mol. The number of halogens is 1. The van der Waals surface area contributed by atoms with Crippen molar-refractivity contribution in [3.8, 4) is 0 Å². The average Bonchev–Trinajstić information content (AvgIpc) is 3.01. The van der Waals surface area contributed by atoms with Crippen LogP contribution in [0.3, 0.4) is 0 Å².